The molecule has 316 valence electrons. The van der Waals surface area contributed by atoms with Gasteiger partial charge in [-0.15, -0.1) is 0 Å². The minimum Gasteiger partial charge on any atom is -0.395 e. The summed E-state index contributed by atoms with van der Waals surface area (Å²) in [6.07, 6.45) is 7.13. The van der Waals surface area contributed by atoms with E-state index >= 15 is 0 Å². The molecule has 0 aliphatic heterocycles. The Morgan fingerprint density at radius 3 is 1.48 bits per heavy atom. The lowest BCUT2D eigenvalue weighted by molar-refractivity contribution is 1.09. The first kappa shape index (κ1) is 40.0. The number of hydrogen-bond acceptors (Lipinski definition) is 4. The Morgan fingerprint density at radius 2 is 0.924 bits per heavy atom. The van der Waals surface area contributed by atoms with Gasteiger partial charge in [0.1, 0.15) is 5.52 Å². The molecular weight excluding hydrogens is 807 g/mol. The first-order valence-electron chi connectivity index (χ1n) is 22.2. The molecule has 0 spiro atoms. The Morgan fingerprint density at radius 1 is 0.439 bits per heavy atom. The number of nitrogens with zero attached hydrogens (tertiary/aromatic N) is 5. The number of para-hydroxylation sites is 2. The van der Waals surface area contributed by atoms with E-state index in [1.165, 1.54) is 27.8 Å². The number of fused-ring (bicyclic) bond motifs is 7. The van der Waals surface area contributed by atoms with Crippen LogP contribution in [0.4, 0.5) is 5.69 Å². The van der Waals surface area contributed by atoms with Gasteiger partial charge < -0.3 is 24.8 Å². The number of anilines is 1. The standard InChI is InChI=1S/C57H40N6.C2H5N/c1-2-15-54-56(58)57-55(26-14-31-59-57)62(54)42-21-13-20-41(34-42)61-50-24-11-9-22-44(50)46-32-39(27-29-52(46)61)40-28-30-53-47(33-40)45-23-10-12-25-51(45)63(53)43-35-48(37-16-5-3-6-17-37)60-49(36-43)38-18-7-4-8-19-38;1-2-3/h2-36H,58H2,1H3;2-3H,1H3/b15-2-;. The highest BCUT2D eigenvalue weighted by atomic mass is 15.0. The summed E-state index contributed by atoms with van der Waals surface area (Å²) in [6, 6.07) is 69.3. The van der Waals surface area contributed by atoms with Gasteiger partial charge in [0.05, 0.1) is 56.0 Å². The van der Waals surface area contributed by atoms with E-state index in [2.05, 4.69) is 201 Å². The van der Waals surface area contributed by atoms with E-state index < -0.39 is 0 Å². The average Bonchev–Trinajstić information content (AvgIpc) is 3.99. The molecule has 0 unspecified atom stereocenters. The number of rotatable bonds is 7. The minimum absolute atomic E-state index is 0.674. The Kier molecular flexibility index (Phi) is 10.1. The maximum Gasteiger partial charge on any atom is 0.112 e. The average molecular weight is 852 g/mol. The number of allylic oxidation sites excluding steroid dienone is 1. The summed E-state index contributed by atoms with van der Waals surface area (Å²) in [7, 11) is 0. The third-order valence-electron chi connectivity index (χ3n) is 12.4. The molecule has 0 saturated carbocycles. The summed E-state index contributed by atoms with van der Waals surface area (Å²) in [5, 5.41) is 10.9. The molecule has 5 aromatic heterocycles. The van der Waals surface area contributed by atoms with Crippen LogP contribution in [0.1, 0.15) is 19.5 Å². The summed E-state index contributed by atoms with van der Waals surface area (Å²) in [5.74, 6) is 0. The maximum absolute atomic E-state index is 6.70. The van der Waals surface area contributed by atoms with Crippen LogP contribution in [0.15, 0.2) is 206 Å². The predicted octanol–water partition coefficient (Wildman–Crippen LogP) is 14.9. The lowest BCUT2D eigenvalue weighted by Crippen LogP contribution is -2.00. The van der Waals surface area contributed by atoms with Gasteiger partial charge in [-0.1, -0.05) is 121 Å². The third-order valence-corrected chi connectivity index (χ3v) is 12.4. The molecule has 0 fully saturated rings. The maximum atomic E-state index is 6.70. The van der Waals surface area contributed by atoms with Crippen molar-refractivity contribution in [1.82, 2.24) is 23.7 Å². The van der Waals surface area contributed by atoms with Gasteiger partial charge in [-0.2, -0.15) is 0 Å². The molecule has 0 atom stereocenters. The van der Waals surface area contributed by atoms with Crippen LogP contribution in [-0.4, -0.2) is 29.9 Å². The molecule has 0 aliphatic rings. The highest BCUT2D eigenvalue weighted by Gasteiger charge is 2.20. The molecule has 0 saturated heterocycles. The molecule has 7 aromatic carbocycles. The lowest BCUT2D eigenvalue weighted by Gasteiger charge is -2.14. The van der Waals surface area contributed by atoms with Gasteiger partial charge in [0.25, 0.3) is 0 Å². The van der Waals surface area contributed by atoms with E-state index in [1.54, 1.807) is 13.1 Å². The number of pyridine rings is 2. The summed E-state index contributed by atoms with van der Waals surface area (Å²) in [5.41, 5.74) is 24.2. The fraction of sp³-hybridized carbons (Fsp3) is 0.0339. The lowest BCUT2D eigenvalue weighted by atomic mass is 10.0. The number of nitrogens with two attached hydrogens (primary N) is 1. The molecular formula is C59H45N7. The fourth-order valence-corrected chi connectivity index (χ4v) is 9.55. The molecule has 0 bridgehead atoms. The van der Waals surface area contributed by atoms with E-state index in [1.807, 2.05) is 31.2 Å². The molecule has 3 N–H and O–H groups in total. The normalized spacial score (nSPS) is 11.5. The van der Waals surface area contributed by atoms with Crippen molar-refractivity contribution in [3.05, 3.63) is 212 Å². The zero-order valence-electron chi connectivity index (χ0n) is 36.6. The SMILES string of the molecule is C/C=C\c1c(N)c2ncccc2n1-c1cccc(-n2c3ccccc3c3cc(-c4ccc5c(c4)c4ccccc4n5-c4cc(-c5ccccc5)nc(-c5ccccc5)c4)ccc32)c1.CC=N. The van der Waals surface area contributed by atoms with E-state index in [-0.39, 0.29) is 0 Å². The van der Waals surface area contributed by atoms with E-state index in [0.29, 0.717) is 5.69 Å². The molecule has 7 heteroatoms. The van der Waals surface area contributed by atoms with Gasteiger partial charge >= 0.3 is 0 Å². The number of aromatic nitrogens is 5. The molecule has 12 aromatic rings. The van der Waals surface area contributed by atoms with Gasteiger partial charge in [0.15, 0.2) is 0 Å². The second-order valence-electron chi connectivity index (χ2n) is 16.3. The van der Waals surface area contributed by atoms with Crippen molar-refractivity contribution < 1.29 is 0 Å². The van der Waals surface area contributed by atoms with Crippen molar-refractivity contribution in [3.8, 4) is 50.7 Å². The number of benzene rings is 7. The molecule has 5 heterocycles. The van der Waals surface area contributed by atoms with Crippen LogP contribution in [0.3, 0.4) is 0 Å². The molecule has 0 radical (unpaired) electrons. The van der Waals surface area contributed by atoms with Gasteiger partial charge in [-0.25, -0.2) is 4.98 Å². The van der Waals surface area contributed by atoms with Crippen LogP contribution >= 0.6 is 0 Å². The van der Waals surface area contributed by atoms with E-state index in [9.17, 15) is 0 Å². The van der Waals surface area contributed by atoms with Crippen molar-refractivity contribution >= 4 is 72.6 Å². The van der Waals surface area contributed by atoms with Crippen LogP contribution in [0.25, 0.3) is 111 Å². The van der Waals surface area contributed by atoms with Crippen LogP contribution in [0.2, 0.25) is 0 Å². The fourth-order valence-electron chi connectivity index (χ4n) is 9.55. The Balaban J connectivity index is 0.00000156. The van der Waals surface area contributed by atoms with Crippen LogP contribution < -0.4 is 5.73 Å². The van der Waals surface area contributed by atoms with Gasteiger partial charge in [-0.05, 0) is 116 Å². The molecule has 66 heavy (non-hydrogen) atoms. The van der Waals surface area contributed by atoms with Gasteiger partial charge in [0, 0.05) is 50.2 Å². The monoisotopic (exact) mass is 851 g/mol. The van der Waals surface area contributed by atoms with Crippen LogP contribution in [0, 0.1) is 5.41 Å². The quantitative estimate of drug-likeness (QED) is 0.157. The zero-order valence-corrected chi connectivity index (χ0v) is 36.6. The highest BCUT2D eigenvalue weighted by molar-refractivity contribution is 6.13. The summed E-state index contributed by atoms with van der Waals surface area (Å²) < 4.78 is 6.97. The Labute approximate surface area is 382 Å². The third kappa shape index (κ3) is 6.73. The Hall–Kier alpha value is -8.81. The number of nitrogen functional groups attached to an aromatic ring is 1. The first-order valence-corrected chi connectivity index (χ1v) is 22.2. The van der Waals surface area contributed by atoms with Crippen molar-refractivity contribution in [1.29, 1.82) is 5.41 Å². The second-order valence-corrected chi connectivity index (χ2v) is 16.3. The predicted molar refractivity (Wildman–Crippen MR) is 277 cm³/mol. The molecule has 0 amide bonds. The largest absolute Gasteiger partial charge is 0.395 e. The Bertz CT molecular complexity index is 3760. The zero-order chi connectivity index (χ0) is 44.7. The molecule has 0 aliphatic carbocycles. The van der Waals surface area contributed by atoms with Crippen LogP contribution in [0.5, 0.6) is 0 Å². The van der Waals surface area contributed by atoms with E-state index in [0.717, 1.165) is 89.5 Å². The van der Waals surface area contributed by atoms with Crippen molar-refractivity contribution in [2.45, 2.75) is 13.8 Å². The number of hydrogen-bond donors (Lipinski definition) is 2. The molecule has 7 nitrogen and oxygen atoms in total. The van der Waals surface area contributed by atoms with Gasteiger partial charge in [-0.3, -0.25) is 4.98 Å². The van der Waals surface area contributed by atoms with Crippen molar-refractivity contribution in [3.63, 3.8) is 0 Å². The second kappa shape index (κ2) is 16.7. The summed E-state index contributed by atoms with van der Waals surface area (Å²) in [4.78, 5) is 9.82. The highest BCUT2D eigenvalue weighted by Crippen LogP contribution is 2.40. The summed E-state index contributed by atoms with van der Waals surface area (Å²) in [6.45, 7) is 3.68. The minimum atomic E-state index is 0.674. The van der Waals surface area contributed by atoms with Crippen molar-refractivity contribution in [2.75, 3.05) is 5.73 Å². The van der Waals surface area contributed by atoms with Gasteiger partial charge in [0.2, 0.25) is 0 Å². The number of nitrogens with one attached hydrogen (secondary N) is 1. The van der Waals surface area contributed by atoms with Crippen molar-refractivity contribution in [2.24, 2.45) is 0 Å². The topological polar surface area (TPSA) is 90.4 Å². The summed E-state index contributed by atoms with van der Waals surface area (Å²) >= 11 is 0. The first-order chi connectivity index (χ1) is 32.5. The van der Waals surface area contributed by atoms with Crippen LogP contribution in [-0.2, 0) is 0 Å². The smallest absolute Gasteiger partial charge is 0.112 e. The molecule has 12 rings (SSSR count). The van der Waals surface area contributed by atoms with E-state index in [4.69, 9.17) is 16.1 Å².